The van der Waals surface area contributed by atoms with Crippen molar-refractivity contribution in [3.05, 3.63) is 94.5 Å². The molecule has 1 N–H and O–H groups in total. The van der Waals surface area contributed by atoms with Gasteiger partial charge in [0.1, 0.15) is 5.25 Å². The fourth-order valence-corrected chi connectivity index (χ4v) is 4.18. The van der Waals surface area contributed by atoms with E-state index in [1.807, 2.05) is 85.8 Å². The number of aryl methyl sites for hydroxylation is 1. The Morgan fingerprint density at radius 3 is 2.40 bits per heavy atom. The first kappa shape index (κ1) is 20.4. The molecule has 1 aromatic heterocycles. The molecule has 0 spiro atoms. The van der Waals surface area contributed by atoms with E-state index in [4.69, 9.17) is 4.42 Å². The number of anilines is 1. The number of carbonyl (C=O) groups is 1. The van der Waals surface area contributed by atoms with Crippen molar-refractivity contribution in [2.24, 2.45) is 0 Å². The standard InChI is InChI=1S/C23H18BrN3O2S/c1-15-11-13-17(14-12-15)25-21(28)20(16-7-3-2-4-8-16)30-23-27-26-22(29-23)18-9-5-6-10-19(18)24/h2-14,20H,1H3,(H,25,28). The maximum atomic E-state index is 13.1. The van der Waals surface area contributed by atoms with E-state index in [1.165, 1.54) is 11.8 Å². The van der Waals surface area contributed by atoms with Crippen molar-refractivity contribution in [3.8, 4) is 11.5 Å². The van der Waals surface area contributed by atoms with Gasteiger partial charge in [-0.3, -0.25) is 4.79 Å². The first-order chi connectivity index (χ1) is 14.6. The zero-order valence-corrected chi connectivity index (χ0v) is 18.5. The molecule has 0 fully saturated rings. The monoisotopic (exact) mass is 479 g/mol. The summed E-state index contributed by atoms with van der Waals surface area (Å²) in [4.78, 5) is 13.1. The Kier molecular flexibility index (Phi) is 6.30. The van der Waals surface area contributed by atoms with E-state index < -0.39 is 5.25 Å². The smallest absolute Gasteiger partial charge is 0.277 e. The van der Waals surface area contributed by atoms with Crippen LogP contribution in [0.25, 0.3) is 11.5 Å². The average Bonchev–Trinajstić information content (AvgIpc) is 3.23. The number of benzene rings is 3. The van der Waals surface area contributed by atoms with Crippen LogP contribution >= 0.6 is 27.7 Å². The normalized spacial score (nSPS) is 11.8. The molecular weight excluding hydrogens is 462 g/mol. The van der Waals surface area contributed by atoms with Crippen LogP contribution in [-0.4, -0.2) is 16.1 Å². The van der Waals surface area contributed by atoms with Gasteiger partial charge in [-0.25, -0.2) is 0 Å². The van der Waals surface area contributed by atoms with E-state index in [-0.39, 0.29) is 5.91 Å². The summed E-state index contributed by atoms with van der Waals surface area (Å²) in [6.45, 7) is 2.01. The highest BCUT2D eigenvalue weighted by molar-refractivity contribution is 9.10. The van der Waals surface area contributed by atoms with Crippen LogP contribution in [0.3, 0.4) is 0 Å². The lowest BCUT2D eigenvalue weighted by atomic mass is 10.1. The van der Waals surface area contributed by atoms with Gasteiger partial charge < -0.3 is 9.73 Å². The molecule has 4 rings (SSSR count). The van der Waals surface area contributed by atoms with Crippen LogP contribution in [0.5, 0.6) is 0 Å². The van der Waals surface area contributed by atoms with E-state index in [9.17, 15) is 4.79 Å². The largest absolute Gasteiger partial charge is 0.411 e. The fraction of sp³-hybridized carbons (Fsp3) is 0.0870. The second kappa shape index (κ2) is 9.28. The van der Waals surface area contributed by atoms with Gasteiger partial charge in [-0.2, -0.15) is 0 Å². The fourth-order valence-electron chi connectivity index (χ4n) is 2.85. The van der Waals surface area contributed by atoms with Crippen molar-refractivity contribution in [2.45, 2.75) is 17.4 Å². The molecule has 1 amide bonds. The number of nitrogens with one attached hydrogen (secondary N) is 1. The number of hydrogen-bond acceptors (Lipinski definition) is 5. The molecule has 1 atom stereocenters. The van der Waals surface area contributed by atoms with Crippen LogP contribution in [0.15, 0.2) is 93.0 Å². The molecule has 1 heterocycles. The third-order valence-corrected chi connectivity index (χ3v) is 6.17. The molecule has 0 saturated heterocycles. The molecule has 0 aliphatic carbocycles. The summed E-state index contributed by atoms with van der Waals surface area (Å²) >= 11 is 4.72. The zero-order valence-electron chi connectivity index (χ0n) is 16.1. The third-order valence-electron chi connectivity index (χ3n) is 4.39. The second-order valence-corrected chi connectivity index (χ2v) is 8.53. The Balaban J connectivity index is 1.59. The highest BCUT2D eigenvalue weighted by Crippen LogP contribution is 2.37. The summed E-state index contributed by atoms with van der Waals surface area (Å²) in [5.41, 5.74) is 3.53. The van der Waals surface area contributed by atoms with Gasteiger partial charge in [0.05, 0.1) is 5.56 Å². The molecule has 0 aliphatic heterocycles. The highest BCUT2D eigenvalue weighted by atomic mass is 79.9. The summed E-state index contributed by atoms with van der Waals surface area (Å²) in [5, 5.41) is 11.1. The van der Waals surface area contributed by atoms with Crippen molar-refractivity contribution in [3.63, 3.8) is 0 Å². The summed E-state index contributed by atoms with van der Waals surface area (Å²) in [6, 6.07) is 24.9. The molecule has 5 nitrogen and oxygen atoms in total. The van der Waals surface area contributed by atoms with Gasteiger partial charge in [0, 0.05) is 10.2 Å². The van der Waals surface area contributed by atoms with E-state index >= 15 is 0 Å². The molecule has 7 heteroatoms. The van der Waals surface area contributed by atoms with Gasteiger partial charge in [-0.05, 0) is 64.4 Å². The Labute approximate surface area is 187 Å². The zero-order chi connectivity index (χ0) is 20.9. The number of amides is 1. The SMILES string of the molecule is Cc1ccc(NC(=O)C(Sc2nnc(-c3ccccc3Br)o2)c2ccccc2)cc1. The lowest BCUT2D eigenvalue weighted by Crippen LogP contribution is -2.19. The molecule has 0 saturated carbocycles. The topological polar surface area (TPSA) is 68.0 Å². The molecule has 150 valence electrons. The molecule has 4 aromatic rings. The van der Waals surface area contributed by atoms with Crippen molar-refractivity contribution >= 4 is 39.3 Å². The predicted octanol–water partition coefficient (Wildman–Crippen LogP) is 6.28. The second-order valence-electron chi connectivity index (χ2n) is 6.62. The Hall–Kier alpha value is -2.90. The number of aromatic nitrogens is 2. The Morgan fingerprint density at radius 1 is 0.967 bits per heavy atom. The summed E-state index contributed by atoms with van der Waals surface area (Å²) in [5.74, 6) is 0.242. The molecule has 0 bridgehead atoms. The van der Waals surface area contributed by atoms with Crippen LogP contribution in [0.1, 0.15) is 16.4 Å². The highest BCUT2D eigenvalue weighted by Gasteiger charge is 2.25. The lowest BCUT2D eigenvalue weighted by molar-refractivity contribution is -0.115. The summed E-state index contributed by atoms with van der Waals surface area (Å²) in [6.07, 6.45) is 0. The van der Waals surface area contributed by atoms with Crippen LogP contribution in [-0.2, 0) is 4.79 Å². The molecule has 3 aromatic carbocycles. The molecule has 30 heavy (non-hydrogen) atoms. The van der Waals surface area contributed by atoms with Gasteiger partial charge in [0.2, 0.25) is 11.8 Å². The van der Waals surface area contributed by atoms with E-state index in [1.54, 1.807) is 0 Å². The Morgan fingerprint density at radius 2 is 1.67 bits per heavy atom. The Bertz CT molecular complexity index is 1150. The third kappa shape index (κ3) is 4.80. The van der Waals surface area contributed by atoms with Gasteiger partial charge in [-0.1, -0.05) is 60.2 Å². The maximum Gasteiger partial charge on any atom is 0.277 e. The number of nitrogens with zero attached hydrogens (tertiary/aromatic N) is 2. The van der Waals surface area contributed by atoms with Crippen molar-refractivity contribution < 1.29 is 9.21 Å². The van der Waals surface area contributed by atoms with Crippen LogP contribution in [0.2, 0.25) is 0 Å². The van der Waals surface area contributed by atoms with Crippen LogP contribution in [0, 0.1) is 6.92 Å². The van der Waals surface area contributed by atoms with E-state index in [2.05, 4.69) is 31.4 Å². The van der Waals surface area contributed by atoms with E-state index in [0.717, 1.165) is 26.9 Å². The first-order valence-corrected chi connectivity index (χ1v) is 10.9. The number of rotatable bonds is 6. The molecule has 0 aliphatic rings. The van der Waals surface area contributed by atoms with Gasteiger partial charge >= 0.3 is 0 Å². The summed E-state index contributed by atoms with van der Waals surface area (Å²) < 4.78 is 6.71. The van der Waals surface area contributed by atoms with Crippen LogP contribution < -0.4 is 5.32 Å². The number of halogens is 1. The minimum atomic E-state index is -0.542. The van der Waals surface area contributed by atoms with Crippen LogP contribution in [0.4, 0.5) is 5.69 Å². The van der Waals surface area contributed by atoms with Gasteiger partial charge in [0.25, 0.3) is 5.22 Å². The molecular formula is C23H18BrN3O2S. The first-order valence-electron chi connectivity index (χ1n) is 9.28. The lowest BCUT2D eigenvalue weighted by Gasteiger charge is -2.15. The number of hydrogen-bond donors (Lipinski definition) is 1. The van der Waals surface area contributed by atoms with Gasteiger partial charge in [-0.15, -0.1) is 10.2 Å². The van der Waals surface area contributed by atoms with E-state index in [0.29, 0.717) is 11.1 Å². The van der Waals surface area contributed by atoms with Crippen molar-refractivity contribution in [1.29, 1.82) is 0 Å². The average molecular weight is 480 g/mol. The van der Waals surface area contributed by atoms with Gasteiger partial charge in [0.15, 0.2) is 0 Å². The minimum Gasteiger partial charge on any atom is -0.411 e. The number of carbonyl (C=O) groups excluding carboxylic acids is 1. The minimum absolute atomic E-state index is 0.157. The maximum absolute atomic E-state index is 13.1. The number of thioether (sulfide) groups is 1. The predicted molar refractivity (Wildman–Crippen MR) is 122 cm³/mol. The van der Waals surface area contributed by atoms with Crippen molar-refractivity contribution in [2.75, 3.05) is 5.32 Å². The molecule has 1 unspecified atom stereocenters. The summed E-state index contributed by atoms with van der Waals surface area (Å²) in [7, 11) is 0. The quantitative estimate of drug-likeness (QED) is 0.329. The molecule has 0 radical (unpaired) electrons. The van der Waals surface area contributed by atoms with Crippen molar-refractivity contribution in [1.82, 2.24) is 10.2 Å².